The van der Waals surface area contributed by atoms with Crippen LogP contribution in [0.3, 0.4) is 0 Å². The summed E-state index contributed by atoms with van der Waals surface area (Å²) < 4.78 is 3.59. The van der Waals surface area contributed by atoms with Crippen molar-refractivity contribution in [2.75, 3.05) is 7.05 Å². The molecule has 0 radical (unpaired) electrons. The van der Waals surface area contributed by atoms with E-state index >= 15 is 0 Å². The Hall–Kier alpha value is -2.82. The summed E-state index contributed by atoms with van der Waals surface area (Å²) in [4.78, 5) is 25.6. The highest BCUT2D eigenvalue weighted by Gasteiger charge is 2.23. The summed E-state index contributed by atoms with van der Waals surface area (Å²) >= 11 is 0. The number of carbonyl (C=O) groups excluding carboxylic acids is 1. The number of hydrogen-bond donors (Lipinski definition) is 1. The van der Waals surface area contributed by atoms with Crippen molar-refractivity contribution in [2.45, 2.75) is 96.6 Å². The van der Waals surface area contributed by atoms with E-state index < -0.39 is 0 Å². The first-order chi connectivity index (χ1) is 17.1. The van der Waals surface area contributed by atoms with Gasteiger partial charge in [0.15, 0.2) is 0 Å². The second-order valence-corrected chi connectivity index (χ2v) is 10.1. The van der Waals surface area contributed by atoms with Crippen molar-refractivity contribution in [2.24, 2.45) is 0 Å². The highest BCUT2D eigenvalue weighted by molar-refractivity contribution is 5.80. The van der Waals surface area contributed by atoms with Crippen LogP contribution in [-0.4, -0.2) is 22.1 Å². The lowest BCUT2D eigenvalue weighted by Gasteiger charge is -2.27. The molecule has 1 N–H and O–H groups in total. The van der Waals surface area contributed by atoms with Gasteiger partial charge in [0.25, 0.3) is 0 Å². The fourth-order valence-corrected chi connectivity index (χ4v) is 6.12. The monoisotopic (exact) mass is 475 g/mol. The third-order valence-electron chi connectivity index (χ3n) is 7.89. The van der Waals surface area contributed by atoms with Gasteiger partial charge in [-0.3, -0.25) is 13.9 Å². The number of benzene rings is 2. The van der Waals surface area contributed by atoms with E-state index in [1.54, 1.807) is 22.7 Å². The molecule has 188 valence electrons. The van der Waals surface area contributed by atoms with Gasteiger partial charge >= 0.3 is 5.69 Å². The molecule has 1 heterocycles. The van der Waals surface area contributed by atoms with Crippen LogP contribution in [0.5, 0.6) is 0 Å². The number of carbonyl (C=O) groups is 1. The molecule has 4 rings (SSSR count). The van der Waals surface area contributed by atoms with Crippen molar-refractivity contribution < 1.29 is 4.79 Å². The number of nitrogens with one attached hydrogen (secondary N) is 1. The summed E-state index contributed by atoms with van der Waals surface area (Å²) in [5.41, 5.74) is 6.45. The van der Waals surface area contributed by atoms with Crippen molar-refractivity contribution in [1.82, 2.24) is 14.5 Å². The zero-order chi connectivity index (χ0) is 24.8. The van der Waals surface area contributed by atoms with Gasteiger partial charge in [0, 0.05) is 13.1 Å². The third-order valence-corrected chi connectivity index (χ3v) is 7.89. The Morgan fingerprint density at radius 3 is 2.60 bits per heavy atom. The number of unbranched alkanes of at least 4 members (excludes halogenated alkanes) is 1. The minimum absolute atomic E-state index is 0.0581. The zero-order valence-electron chi connectivity index (χ0n) is 21.7. The lowest BCUT2D eigenvalue weighted by Crippen LogP contribution is -2.32. The number of aromatic nitrogens is 2. The van der Waals surface area contributed by atoms with E-state index in [0.29, 0.717) is 5.92 Å². The Balaban J connectivity index is 1.48. The smallest absolute Gasteiger partial charge is 0.329 e. The molecule has 0 fully saturated rings. The van der Waals surface area contributed by atoms with E-state index in [1.807, 2.05) is 28.8 Å². The topological polar surface area (TPSA) is 56.0 Å². The number of likely N-dealkylation sites (N-methyl/N-ethyl adjacent to an activating group) is 1. The molecule has 2 atom stereocenters. The lowest BCUT2D eigenvalue weighted by molar-refractivity contribution is -0.121. The Bertz CT molecular complexity index is 1210. The average molecular weight is 476 g/mol. The number of aryl methyl sites for hydroxylation is 1. The van der Waals surface area contributed by atoms with Crippen LogP contribution in [0.15, 0.2) is 47.3 Å². The SMILES string of the molecule is CCCC(CCCCC1CCCc2c(CC)cccc21)n1c(=O)n(CC(=O)NC)c2ccccc21. The van der Waals surface area contributed by atoms with E-state index in [4.69, 9.17) is 0 Å². The predicted molar refractivity (Wildman–Crippen MR) is 144 cm³/mol. The van der Waals surface area contributed by atoms with Crippen LogP contribution in [0, 0.1) is 0 Å². The average Bonchev–Trinajstić information content (AvgIpc) is 3.16. The first-order valence-electron chi connectivity index (χ1n) is 13.6. The molecule has 1 amide bonds. The standard InChI is InChI=1S/C30H41N3O2/c1-4-12-24(33-28-20-9-8-19-27(28)32(30(33)35)21-29(34)31-3)16-7-6-13-23-15-11-17-25-22(5-2)14-10-18-26(23)25/h8-10,14,18-20,23-24H,4-7,11-13,15-17,21H2,1-3H3,(H,31,34). The fraction of sp³-hybridized carbons (Fsp3) is 0.533. The Labute approximate surface area is 209 Å². The number of rotatable bonds is 11. The zero-order valence-corrected chi connectivity index (χ0v) is 21.7. The van der Waals surface area contributed by atoms with Gasteiger partial charge in [-0.25, -0.2) is 4.79 Å². The Kier molecular flexibility index (Phi) is 8.48. The second-order valence-electron chi connectivity index (χ2n) is 10.1. The molecule has 1 aromatic heterocycles. The van der Waals surface area contributed by atoms with Crippen molar-refractivity contribution in [3.63, 3.8) is 0 Å². The summed E-state index contributed by atoms with van der Waals surface area (Å²) in [7, 11) is 1.61. The first-order valence-corrected chi connectivity index (χ1v) is 13.6. The van der Waals surface area contributed by atoms with Gasteiger partial charge in [-0.15, -0.1) is 0 Å². The minimum Gasteiger partial charge on any atom is -0.358 e. The summed E-state index contributed by atoms with van der Waals surface area (Å²) in [6.45, 7) is 4.51. The van der Waals surface area contributed by atoms with Crippen LogP contribution in [0.4, 0.5) is 0 Å². The molecule has 2 unspecified atom stereocenters. The van der Waals surface area contributed by atoms with Gasteiger partial charge in [0.05, 0.1) is 11.0 Å². The van der Waals surface area contributed by atoms with Crippen molar-refractivity contribution in [3.05, 3.63) is 69.6 Å². The van der Waals surface area contributed by atoms with Gasteiger partial charge in [-0.05, 0) is 79.7 Å². The molecule has 5 nitrogen and oxygen atoms in total. The Morgan fingerprint density at radius 2 is 1.86 bits per heavy atom. The van der Waals surface area contributed by atoms with Gasteiger partial charge < -0.3 is 5.32 Å². The minimum atomic E-state index is -0.152. The molecule has 2 aromatic carbocycles. The molecule has 1 aliphatic rings. The third kappa shape index (κ3) is 5.39. The molecule has 0 saturated heterocycles. The summed E-state index contributed by atoms with van der Waals surface area (Å²) in [6, 6.07) is 15.0. The first kappa shape index (κ1) is 25.3. The summed E-state index contributed by atoms with van der Waals surface area (Å²) in [5.74, 6) is 0.521. The molecule has 0 spiro atoms. The highest BCUT2D eigenvalue weighted by atomic mass is 16.2. The van der Waals surface area contributed by atoms with E-state index in [1.165, 1.54) is 37.7 Å². The number of nitrogens with zero attached hydrogens (tertiary/aromatic N) is 2. The maximum atomic E-state index is 13.5. The van der Waals surface area contributed by atoms with Crippen molar-refractivity contribution in [1.29, 1.82) is 0 Å². The number of imidazole rings is 1. The Morgan fingerprint density at radius 1 is 1.06 bits per heavy atom. The number of hydrogen-bond acceptors (Lipinski definition) is 2. The number of para-hydroxylation sites is 2. The molecule has 3 aromatic rings. The second kappa shape index (κ2) is 11.7. The van der Waals surface area contributed by atoms with E-state index in [-0.39, 0.29) is 24.2 Å². The number of amides is 1. The normalized spacial score (nSPS) is 16.3. The van der Waals surface area contributed by atoms with Gasteiger partial charge in [-0.1, -0.05) is 63.4 Å². The lowest BCUT2D eigenvalue weighted by atomic mass is 9.78. The predicted octanol–water partition coefficient (Wildman–Crippen LogP) is 6.13. The molecule has 1 aliphatic carbocycles. The van der Waals surface area contributed by atoms with Crippen LogP contribution in [-0.2, 0) is 24.2 Å². The van der Waals surface area contributed by atoms with E-state index in [9.17, 15) is 9.59 Å². The quantitative estimate of drug-likeness (QED) is 0.339. The summed E-state index contributed by atoms with van der Waals surface area (Å²) in [5, 5.41) is 2.65. The molecule has 0 saturated carbocycles. The maximum absolute atomic E-state index is 13.5. The number of fused-ring (bicyclic) bond motifs is 2. The molecule has 0 aliphatic heterocycles. The van der Waals surface area contributed by atoms with Gasteiger partial charge in [0.1, 0.15) is 6.54 Å². The highest BCUT2D eigenvalue weighted by Crippen LogP contribution is 2.37. The summed E-state index contributed by atoms with van der Waals surface area (Å²) in [6.07, 6.45) is 11.5. The van der Waals surface area contributed by atoms with Gasteiger partial charge in [0.2, 0.25) is 5.91 Å². The van der Waals surface area contributed by atoms with E-state index in [2.05, 4.69) is 37.4 Å². The molecule has 35 heavy (non-hydrogen) atoms. The van der Waals surface area contributed by atoms with Crippen molar-refractivity contribution >= 4 is 16.9 Å². The van der Waals surface area contributed by atoms with E-state index in [0.717, 1.165) is 43.1 Å². The van der Waals surface area contributed by atoms with Crippen LogP contribution < -0.4 is 11.0 Å². The molecular weight excluding hydrogens is 434 g/mol. The fourth-order valence-electron chi connectivity index (χ4n) is 6.12. The van der Waals surface area contributed by atoms with Crippen LogP contribution in [0.2, 0.25) is 0 Å². The largest absolute Gasteiger partial charge is 0.358 e. The molecular formula is C30H41N3O2. The van der Waals surface area contributed by atoms with Crippen LogP contribution in [0.25, 0.3) is 11.0 Å². The van der Waals surface area contributed by atoms with Crippen LogP contribution >= 0.6 is 0 Å². The molecule has 0 bridgehead atoms. The van der Waals surface area contributed by atoms with Crippen molar-refractivity contribution in [3.8, 4) is 0 Å². The van der Waals surface area contributed by atoms with Crippen LogP contribution in [0.1, 0.15) is 93.9 Å². The maximum Gasteiger partial charge on any atom is 0.329 e. The van der Waals surface area contributed by atoms with Gasteiger partial charge in [-0.2, -0.15) is 0 Å². The molecule has 5 heteroatoms.